The van der Waals surface area contributed by atoms with Gasteiger partial charge in [0.1, 0.15) is 6.61 Å². The molecule has 0 amide bonds. The summed E-state index contributed by atoms with van der Waals surface area (Å²) in [6.45, 7) is 4.64. The fourth-order valence-corrected chi connectivity index (χ4v) is 6.01. The summed E-state index contributed by atoms with van der Waals surface area (Å²) in [5.41, 5.74) is 6.04. The molecular weight excluding hydrogens is 542 g/mol. The van der Waals surface area contributed by atoms with Crippen molar-refractivity contribution in [3.05, 3.63) is 12.2 Å². The number of hydrogen-bond donors (Lipinski definition) is 2. The van der Waals surface area contributed by atoms with Crippen LogP contribution in [0.5, 0.6) is 0 Å². The van der Waals surface area contributed by atoms with E-state index in [1.165, 1.54) is 173 Å². The minimum Gasteiger partial charge on any atom is -0.464 e. The van der Waals surface area contributed by atoms with Crippen molar-refractivity contribution in [2.24, 2.45) is 5.73 Å². The molecule has 0 saturated heterocycles. The summed E-state index contributed by atoms with van der Waals surface area (Å²) >= 11 is 0. The second kappa shape index (κ2) is 36.6. The number of nitrogens with two attached hydrogens (primary N) is 1. The van der Waals surface area contributed by atoms with E-state index in [4.69, 9.17) is 10.5 Å². The zero-order chi connectivity index (χ0) is 32.2. The molecule has 0 fully saturated rings. The van der Waals surface area contributed by atoms with Gasteiger partial charge in [0.2, 0.25) is 0 Å². The second-order valence-electron chi connectivity index (χ2n) is 13.7. The lowest BCUT2D eigenvalue weighted by Crippen LogP contribution is -2.38. The summed E-state index contributed by atoms with van der Waals surface area (Å²) in [6.07, 6.45) is 44.8. The number of aliphatic hydroxyl groups excluding tert-OH is 1. The highest BCUT2D eigenvalue weighted by Crippen LogP contribution is 2.15. The number of aliphatic hydroxyl groups is 1. The Morgan fingerprint density at radius 2 is 0.864 bits per heavy atom. The Labute approximate surface area is 276 Å². The van der Waals surface area contributed by atoms with Crippen molar-refractivity contribution >= 4 is 5.97 Å². The quantitative estimate of drug-likeness (QED) is 0.0415. The predicted octanol–water partition coefficient (Wildman–Crippen LogP) is 12.3. The highest BCUT2D eigenvalue weighted by atomic mass is 16.5. The molecule has 2 atom stereocenters. The summed E-state index contributed by atoms with van der Waals surface area (Å²) in [6, 6.07) is -0.558. The number of rotatable bonds is 36. The van der Waals surface area contributed by atoms with Gasteiger partial charge in [0.15, 0.2) is 0 Å². The molecule has 0 aliphatic rings. The van der Waals surface area contributed by atoms with E-state index in [9.17, 15) is 9.90 Å². The van der Waals surface area contributed by atoms with Crippen LogP contribution in [0.25, 0.3) is 0 Å². The van der Waals surface area contributed by atoms with E-state index in [0.717, 1.165) is 25.7 Å². The van der Waals surface area contributed by atoms with Crippen LogP contribution in [0, 0.1) is 0 Å². The molecule has 262 valence electrons. The van der Waals surface area contributed by atoms with Crippen molar-refractivity contribution < 1.29 is 14.6 Å². The maximum absolute atomic E-state index is 12.1. The third kappa shape index (κ3) is 34.0. The summed E-state index contributed by atoms with van der Waals surface area (Å²) in [5, 5.41) is 10.2. The van der Waals surface area contributed by atoms with E-state index in [1.54, 1.807) is 6.08 Å². The van der Waals surface area contributed by atoms with Crippen LogP contribution in [0.1, 0.15) is 219 Å². The van der Waals surface area contributed by atoms with Crippen LogP contribution in [-0.2, 0) is 9.53 Å². The third-order valence-corrected chi connectivity index (χ3v) is 9.17. The number of allylic oxidation sites excluding steroid dienone is 1. The minimum absolute atomic E-state index is 0.0852. The first kappa shape index (κ1) is 43.1. The average molecular weight is 622 g/mol. The fourth-order valence-electron chi connectivity index (χ4n) is 6.01. The number of carbonyl (C=O) groups is 1. The van der Waals surface area contributed by atoms with Crippen molar-refractivity contribution in [3.63, 3.8) is 0 Å². The Bertz CT molecular complexity index is 593. The largest absolute Gasteiger partial charge is 0.464 e. The molecule has 44 heavy (non-hydrogen) atoms. The molecular formula is C40H79NO3. The van der Waals surface area contributed by atoms with E-state index in [1.807, 2.05) is 6.08 Å². The normalized spacial score (nSPS) is 13.1. The molecule has 0 aliphatic carbocycles. The topological polar surface area (TPSA) is 72.6 Å². The number of carbonyl (C=O) groups excluding carboxylic acids is 1. The monoisotopic (exact) mass is 622 g/mol. The van der Waals surface area contributed by atoms with Crippen LogP contribution in [-0.4, -0.2) is 29.8 Å². The van der Waals surface area contributed by atoms with Crippen molar-refractivity contribution in [1.29, 1.82) is 0 Å². The molecule has 4 heteroatoms. The molecule has 0 heterocycles. The van der Waals surface area contributed by atoms with Crippen molar-refractivity contribution in [2.75, 3.05) is 6.61 Å². The first-order valence-corrected chi connectivity index (χ1v) is 19.9. The summed E-state index contributed by atoms with van der Waals surface area (Å²) < 4.78 is 5.32. The van der Waals surface area contributed by atoms with Gasteiger partial charge >= 0.3 is 5.97 Å². The van der Waals surface area contributed by atoms with Crippen LogP contribution >= 0.6 is 0 Å². The first-order chi connectivity index (χ1) is 21.6. The van der Waals surface area contributed by atoms with E-state index in [0.29, 0.717) is 6.42 Å². The van der Waals surface area contributed by atoms with Crippen LogP contribution < -0.4 is 5.73 Å². The molecule has 0 bridgehead atoms. The third-order valence-electron chi connectivity index (χ3n) is 9.17. The van der Waals surface area contributed by atoms with E-state index >= 15 is 0 Å². The van der Waals surface area contributed by atoms with E-state index in [2.05, 4.69) is 13.8 Å². The zero-order valence-electron chi connectivity index (χ0n) is 30.0. The number of unbranched alkanes of at least 4 members (excludes halogenated alkanes) is 29. The van der Waals surface area contributed by atoms with Gasteiger partial charge in [0.05, 0.1) is 12.1 Å². The van der Waals surface area contributed by atoms with Crippen molar-refractivity contribution in [2.45, 2.75) is 231 Å². The Kier molecular flexibility index (Phi) is 35.9. The van der Waals surface area contributed by atoms with Crippen LogP contribution in [0.2, 0.25) is 0 Å². The fraction of sp³-hybridized carbons (Fsp3) is 0.925. The number of ether oxygens (including phenoxy) is 1. The lowest BCUT2D eigenvalue weighted by atomic mass is 10.0. The van der Waals surface area contributed by atoms with Gasteiger partial charge in [-0.05, 0) is 19.3 Å². The van der Waals surface area contributed by atoms with Crippen molar-refractivity contribution in [1.82, 2.24) is 0 Å². The molecule has 4 nitrogen and oxygen atoms in total. The van der Waals surface area contributed by atoms with Gasteiger partial charge in [-0.3, -0.25) is 4.79 Å². The molecule has 3 N–H and O–H groups in total. The minimum atomic E-state index is -0.759. The highest BCUT2D eigenvalue weighted by Gasteiger charge is 2.14. The second-order valence-corrected chi connectivity index (χ2v) is 13.7. The van der Waals surface area contributed by atoms with Crippen LogP contribution in [0.3, 0.4) is 0 Å². The summed E-state index contributed by atoms with van der Waals surface area (Å²) in [5.74, 6) is -0.190. The standard InChI is InChI=1S/C40H79NO3/c1-3-5-7-9-11-13-15-17-18-19-20-21-22-24-26-28-30-32-34-36-40(43)44-37-38(41)39(42)35-33-31-29-27-25-23-16-14-12-10-8-6-4-2/h33,35,38-39,42H,3-32,34,36-37,41H2,1-2H3/b35-33+. The Hall–Kier alpha value is -0.870. The Balaban J connectivity index is 3.42. The van der Waals surface area contributed by atoms with Gasteiger partial charge in [-0.25, -0.2) is 0 Å². The lowest BCUT2D eigenvalue weighted by molar-refractivity contribution is -0.144. The Morgan fingerprint density at radius 1 is 0.545 bits per heavy atom. The zero-order valence-corrected chi connectivity index (χ0v) is 30.0. The lowest BCUT2D eigenvalue weighted by Gasteiger charge is -2.15. The first-order valence-electron chi connectivity index (χ1n) is 19.9. The molecule has 0 spiro atoms. The van der Waals surface area contributed by atoms with Crippen LogP contribution in [0.4, 0.5) is 0 Å². The smallest absolute Gasteiger partial charge is 0.305 e. The average Bonchev–Trinajstić information content (AvgIpc) is 3.03. The molecule has 0 rings (SSSR count). The van der Waals surface area contributed by atoms with Crippen molar-refractivity contribution in [3.8, 4) is 0 Å². The SMILES string of the molecule is CCCCCCCCCCCCC/C=C/C(O)C(N)COC(=O)CCCCCCCCCCCCCCCCCCCCC. The van der Waals surface area contributed by atoms with Gasteiger partial charge in [-0.15, -0.1) is 0 Å². The predicted molar refractivity (Wildman–Crippen MR) is 193 cm³/mol. The van der Waals surface area contributed by atoms with E-state index < -0.39 is 12.1 Å². The molecule has 2 unspecified atom stereocenters. The van der Waals surface area contributed by atoms with Gasteiger partial charge in [0, 0.05) is 6.42 Å². The Morgan fingerprint density at radius 3 is 1.23 bits per heavy atom. The van der Waals surface area contributed by atoms with Crippen LogP contribution in [0.15, 0.2) is 12.2 Å². The maximum Gasteiger partial charge on any atom is 0.305 e. The molecule has 0 aromatic rings. The molecule has 0 radical (unpaired) electrons. The molecule has 0 aliphatic heterocycles. The molecule has 0 aromatic carbocycles. The van der Waals surface area contributed by atoms with Gasteiger partial charge in [-0.2, -0.15) is 0 Å². The van der Waals surface area contributed by atoms with Gasteiger partial charge in [-0.1, -0.05) is 206 Å². The van der Waals surface area contributed by atoms with Gasteiger partial charge in [0.25, 0.3) is 0 Å². The summed E-state index contributed by atoms with van der Waals surface area (Å²) in [4.78, 5) is 12.1. The highest BCUT2D eigenvalue weighted by molar-refractivity contribution is 5.69. The van der Waals surface area contributed by atoms with E-state index in [-0.39, 0.29) is 12.6 Å². The molecule has 0 saturated carbocycles. The molecule has 0 aromatic heterocycles. The van der Waals surface area contributed by atoms with Gasteiger partial charge < -0.3 is 15.6 Å². The number of hydrogen-bond acceptors (Lipinski definition) is 4. The summed E-state index contributed by atoms with van der Waals surface area (Å²) in [7, 11) is 0. The number of esters is 1. The maximum atomic E-state index is 12.1.